The molecular formula is C12H13ClO5. The number of hydrogen-bond donors (Lipinski definition) is 1. The third-order valence-electron chi connectivity index (χ3n) is 1.89. The standard InChI is InChI=1S/C12H13ClO5/c1-7(2)18-11(14)6-17-10-4-3-8(12(15)16)5-9(10)13/h3-5,7H,6H2,1-2H3,(H,15,16). The summed E-state index contributed by atoms with van der Waals surface area (Å²) in [4.78, 5) is 21.9. The van der Waals surface area contributed by atoms with E-state index in [1.165, 1.54) is 18.2 Å². The number of rotatable bonds is 5. The molecule has 98 valence electrons. The summed E-state index contributed by atoms with van der Waals surface area (Å²) in [7, 11) is 0. The Morgan fingerprint density at radius 3 is 2.56 bits per heavy atom. The lowest BCUT2D eigenvalue weighted by Gasteiger charge is -2.10. The zero-order valence-corrected chi connectivity index (χ0v) is 10.7. The van der Waals surface area contributed by atoms with Gasteiger partial charge in [0.25, 0.3) is 0 Å². The van der Waals surface area contributed by atoms with Crippen molar-refractivity contribution in [1.29, 1.82) is 0 Å². The highest BCUT2D eigenvalue weighted by Crippen LogP contribution is 2.25. The molecule has 0 unspecified atom stereocenters. The molecule has 0 aromatic heterocycles. The summed E-state index contributed by atoms with van der Waals surface area (Å²) in [6, 6.07) is 4.00. The van der Waals surface area contributed by atoms with E-state index in [0.717, 1.165) is 0 Å². The predicted molar refractivity (Wildman–Crippen MR) is 65.1 cm³/mol. The van der Waals surface area contributed by atoms with Crippen molar-refractivity contribution in [3.63, 3.8) is 0 Å². The second-order valence-corrected chi connectivity index (χ2v) is 4.18. The molecule has 0 fully saturated rings. The van der Waals surface area contributed by atoms with Crippen LogP contribution in [0.5, 0.6) is 5.75 Å². The Kier molecular flexibility index (Phi) is 4.97. The molecule has 18 heavy (non-hydrogen) atoms. The van der Waals surface area contributed by atoms with E-state index >= 15 is 0 Å². The second-order valence-electron chi connectivity index (χ2n) is 3.78. The van der Waals surface area contributed by atoms with Crippen LogP contribution in [0, 0.1) is 0 Å². The van der Waals surface area contributed by atoms with Crippen molar-refractivity contribution < 1.29 is 24.2 Å². The highest BCUT2D eigenvalue weighted by molar-refractivity contribution is 6.32. The lowest BCUT2D eigenvalue weighted by molar-refractivity contribution is -0.149. The Balaban J connectivity index is 2.63. The minimum atomic E-state index is -1.08. The number of carboxylic acid groups (broad SMARTS) is 1. The van der Waals surface area contributed by atoms with Gasteiger partial charge in [0.1, 0.15) is 5.75 Å². The Morgan fingerprint density at radius 2 is 2.06 bits per heavy atom. The van der Waals surface area contributed by atoms with Crippen LogP contribution in [-0.4, -0.2) is 29.8 Å². The smallest absolute Gasteiger partial charge is 0.344 e. The molecule has 0 saturated heterocycles. The van der Waals surface area contributed by atoms with Crippen LogP contribution in [0.2, 0.25) is 5.02 Å². The van der Waals surface area contributed by atoms with Crippen LogP contribution < -0.4 is 4.74 Å². The predicted octanol–water partition coefficient (Wildman–Crippen LogP) is 2.37. The zero-order chi connectivity index (χ0) is 13.7. The summed E-state index contributed by atoms with van der Waals surface area (Å²) in [5, 5.41) is 8.88. The monoisotopic (exact) mass is 272 g/mol. The molecule has 0 bridgehead atoms. The maximum Gasteiger partial charge on any atom is 0.344 e. The van der Waals surface area contributed by atoms with E-state index in [4.69, 9.17) is 26.2 Å². The van der Waals surface area contributed by atoms with Crippen molar-refractivity contribution in [3.8, 4) is 5.75 Å². The van der Waals surface area contributed by atoms with Crippen molar-refractivity contribution in [2.75, 3.05) is 6.61 Å². The molecule has 5 nitrogen and oxygen atoms in total. The van der Waals surface area contributed by atoms with Gasteiger partial charge in [-0.3, -0.25) is 0 Å². The van der Waals surface area contributed by atoms with Crippen LogP contribution in [0.3, 0.4) is 0 Å². The summed E-state index contributed by atoms with van der Waals surface area (Å²) in [6.07, 6.45) is -0.217. The van der Waals surface area contributed by atoms with Crippen LogP contribution >= 0.6 is 11.6 Å². The lowest BCUT2D eigenvalue weighted by Crippen LogP contribution is -2.18. The van der Waals surface area contributed by atoms with Gasteiger partial charge in [0.05, 0.1) is 16.7 Å². The number of benzene rings is 1. The molecule has 0 aliphatic carbocycles. The Labute approximate surface area is 109 Å². The van der Waals surface area contributed by atoms with Gasteiger partial charge < -0.3 is 14.6 Å². The van der Waals surface area contributed by atoms with Crippen molar-refractivity contribution in [3.05, 3.63) is 28.8 Å². The highest BCUT2D eigenvalue weighted by atomic mass is 35.5. The molecule has 1 aromatic rings. The summed E-state index contributed by atoms with van der Waals surface area (Å²) in [6.45, 7) is 3.18. The third kappa shape index (κ3) is 4.25. The quantitative estimate of drug-likeness (QED) is 0.833. The number of ether oxygens (including phenoxy) is 2. The summed E-state index contributed by atoms with van der Waals surface area (Å²) >= 11 is 5.82. The number of carboxylic acids is 1. The fraction of sp³-hybridized carbons (Fsp3) is 0.333. The fourth-order valence-electron chi connectivity index (χ4n) is 1.18. The number of esters is 1. The highest BCUT2D eigenvalue weighted by Gasteiger charge is 2.11. The van der Waals surface area contributed by atoms with E-state index in [2.05, 4.69) is 0 Å². The van der Waals surface area contributed by atoms with Gasteiger partial charge in [-0.05, 0) is 32.0 Å². The van der Waals surface area contributed by atoms with Gasteiger partial charge in [0.2, 0.25) is 0 Å². The first kappa shape index (κ1) is 14.3. The maximum atomic E-state index is 11.2. The normalized spacial score (nSPS) is 10.2. The van der Waals surface area contributed by atoms with Crippen molar-refractivity contribution in [2.45, 2.75) is 20.0 Å². The number of hydrogen-bond acceptors (Lipinski definition) is 4. The van der Waals surface area contributed by atoms with E-state index in [9.17, 15) is 9.59 Å². The first-order chi connectivity index (χ1) is 8.40. The fourth-order valence-corrected chi connectivity index (χ4v) is 1.42. The van der Waals surface area contributed by atoms with Crippen LogP contribution in [0.25, 0.3) is 0 Å². The zero-order valence-electron chi connectivity index (χ0n) is 9.97. The van der Waals surface area contributed by atoms with E-state index in [1.54, 1.807) is 13.8 Å². The molecule has 0 aliphatic rings. The number of carbonyl (C=O) groups is 2. The van der Waals surface area contributed by atoms with E-state index < -0.39 is 11.9 Å². The van der Waals surface area contributed by atoms with Gasteiger partial charge in [-0.15, -0.1) is 0 Å². The molecule has 0 radical (unpaired) electrons. The minimum Gasteiger partial charge on any atom is -0.480 e. The molecule has 0 atom stereocenters. The molecule has 6 heteroatoms. The Hall–Kier alpha value is -1.75. The Morgan fingerprint density at radius 1 is 1.39 bits per heavy atom. The molecule has 0 heterocycles. The van der Waals surface area contributed by atoms with Crippen molar-refractivity contribution >= 4 is 23.5 Å². The van der Waals surface area contributed by atoms with Gasteiger partial charge in [0.15, 0.2) is 6.61 Å². The molecule has 0 spiro atoms. The molecular weight excluding hydrogens is 260 g/mol. The maximum absolute atomic E-state index is 11.2. The van der Waals surface area contributed by atoms with Gasteiger partial charge in [-0.25, -0.2) is 9.59 Å². The van der Waals surface area contributed by atoms with E-state index in [0.29, 0.717) is 0 Å². The van der Waals surface area contributed by atoms with Gasteiger partial charge in [0, 0.05) is 0 Å². The first-order valence-corrected chi connectivity index (χ1v) is 5.63. The molecule has 1 rings (SSSR count). The number of halogens is 1. The van der Waals surface area contributed by atoms with Gasteiger partial charge in [-0.2, -0.15) is 0 Å². The Bertz CT molecular complexity index is 456. The second kappa shape index (κ2) is 6.26. The average molecular weight is 273 g/mol. The molecule has 1 N–H and O–H groups in total. The molecule has 1 aromatic carbocycles. The topological polar surface area (TPSA) is 72.8 Å². The minimum absolute atomic E-state index is 0.0529. The van der Waals surface area contributed by atoms with Crippen LogP contribution in [0.15, 0.2) is 18.2 Å². The molecule has 0 aliphatic heterocycles. The van der Waals surface area contributed by atoms with Crippen LogP contribution in [0.4, 0.5) is 0 Å². The van der Waals surface area contributed by atoms with Crippen molar-refractivity contribution in [1.82, 2.24) is 0 Å². The summed E-state index contributed by atoms with van der Waals surface area (Å²) < 4.78 is 10.0. The van der Waals surface area contributed by atoms with Gasteiger partial charge >= 0.3 is 11.9 Å². The molecule has 0 amide bonds. The summed E-state index contributed by atoms with van der Waals surface area (Å²) in [5.74, 6) is -1.35. The number of aromatic carboxylic acids is 1. The first-order valence-electron chi connectivity index (χ1n) is 5.25. The summed E-state index contributed by atoms with van der Waals surface area (Å²) in [5.41, 5.74) is 0.0529. The van der Waals surface area contributed by atoms with Crippen molar-refractivity contribution in [2.24, 2.45) is 0 Å². The van der Waals surface area contributed by atoms with Crippen LogP contribution in [0.1, 0.15) is 24.2 Å². The molecule has 0 saturated carbocycles. The number of carbonyl (C=O) groups excluding carboxylic acids is 1. The van der Waals surface area contributed by atoms with E-state index in [-0.39, 0.29) is 29.0 Å². The average Bonchev–Trinajstić information content (AvgIpc) is 2.26. The van der Waals surface area contributed by atoms with Gasteiger partial charge in [-0.1, -0.05) is 11.6 Å². The largest absolute Gasteiger partial charge is 0.480 e. The van der Waals surface area contributed by atoms with E-state index in [1.807, 2.05) is 0 Å². The lowest BCUT2D eigenvalue weighted by atomic mass is 10.2. The SMILES string of the molecule is CC(C)OC(=O)COc1ccc(C(=O)O)cc1Cl. The van der Waals surface area contributed by atoms with Crippen LogP contribution in [-0.2, 0) is 9.53 Å². The third-order valence-corrected chi connectivity index (χ3v) is 2.19.